The minimum absolute atomic E-state index is 0.0779. The summed E-state index contributed by atoms with van der Waals surface area (Å²) in [7, 11) is 1.39. The highest BCUT2D eigenvalue weighted by Gasteiger charge is 2.29. The van der Waals surface area contributed by atoms with Gasteiger partial charge in [0, 0.05) is 18.7 Å². The fourth-order valence-electron chi connectivity index (χ4n) is 2.59. The Morgan fingerprint density at radius 1 is 1.50 bits per heavy atom. The number of piperidine rings is 1. The summed E-state index contributed by atoms with van der Waals surface area (Å²) in [6.45, 7) is 1.34. The van der Waals surface area contributed by atoms with E-state index in [-0.39, 0.29) is 17.7 Å². The zero-order valence-electron chi connectivity index (χ0n) is 11.4. The Kier molecular flexibility index (Phi) is 4.68. The quantitative estimate of drug-likeness (QED) is 0.479. The molecule has 1 aliphatic heterocycles. The van der Waals surface area contributed by atoms with Crippen molar-refractivity contribution in [3.8, 4) is 0 Å². The topological polar surface area (TPSA) is 72.7 Å². The molecule has 0 N–H and O–H groups in total. The van der Waals surface area contributed by atoms with Crippen LogP contribution in [0.2, 0.25) is 0 Å². The lowest BCUT2D eigenvalue weighted by Crippen LogP contribution is -2.44. The SMILES string of the molecule is COC(=O)C1CCCCN1Cc1cccc([N+](=O)[O-])c1. The molecule has 1 fully saturated rings. The van der Waals surface area contributed by atoms with Crippen LogP contribution in [0.3, 0.4) is 0 Å². The third-order valence-corrected chi connectivity index (χ3v) is 3.59. The maximum Gasteiger partial charge on any atom is 0.323 e. The highest BCUT2D eigenvalue weighted by atomic mass is 16.6. The Bertz CT molecular complexity index is 504. The van der Waals surface area contributed by atoms with Crippen molar-refractivity contribution in [2.45, 2.75) is 31.8 Å². The van der Waals surface area contributed by atoms with E-state index in [2.05, 4.69) is 0 Å². The third-order valence-electron chi connectivity index (χ3n) is 3.59. The van der Waals surface area contributed by atoms with Crippen LogP contribution >= 0.6 is 0 Å². The van der Waals surface area contributed by atoms with Crippen LogP contribution in [0.15, 0.2) is 24.3 Å². The molecule has 0 aliphatic carbocycles. The molecule has 0 amide bonds. The number of methoxy groups -OCH3 is 1. The van der Waals surface area contributed by atoms with Gasteiger partial charge < -0.3 is 4.74 Å². The summed E-state index contributed by atoms with van der Waals surface area (Å²) in [4.78, 5) is 24.2. The second kappa shape index (κ2) is 6.47. The number of nitro benzene ring substituents is 1. The van der Waals surface area contributed by atoms with E-state index in [0.29, 0.717) is 6.54 Å². The maximum absolute atomic E-state index is 11.8. The number of nitro groups is 1. The molecule has 108 valence electrons. The Hall–Kier alpha value is -1.95. The molecule has 1 heterocycles. The van der Waals surface area contributed by atoms with Crippen molar-refractivity contribution >= 4 is 11.7 Å². The first-order valence-electron chi connectivity index (χ1n) is 6.67. The number of carbonyl (C=O) groups is 1. The summed E-state index contributed by atoms with van der Waals surface area (Å²) in [6, 6.07) is 6.30. The minimum Gasteiger partial charge on any atom is -0.468 e. The molecule has 0 saturated carbocycles. The Morgan fingerprint density at radius 2 is 2.30 bits per heavy atom. The van der Waals surface area contributed by atoms with Crippen molar-refractivity contribution in [2.75, 3.05) is 13.7 Å². The molecule has 0 bridgehead atoms. The number of carbonyl (C=O) groups excluding carboxylic acids is 1. The number of ether oxygens (including phenoxy) is 1. The van der Waals surface area contributed by atoms with Crippen molar-refractivity contribution in [2.24, 2.45) is 0 Å². The van der Waals surface area contributed by atoms with E-state index in [1.165, 1.54) is 13.2 Å². The number of esters is 1. The number of benzene rings is 1. The van der Waals surface area contributed by atoms with Gasteiger partial charge in [0.05, 0.1) is 12.0 Å². The molecular formula is C14H18N2O4. The van der Waals surface area contributed by atoms with Crippen molar-refractivity contribution in [1.82, 2.24) is 4.90 Å². The molecule has 1 unspecified atom stereocenters. The second-order valence-corrected chi connectivity index (χ2v) is 4.93. The summed E-state index contributed by atoms with van der Waals surface area (Å²) in [5.74, 6) is -0.227. The molecule has 0 aromatic heterocycles. The largest absolute Gasteiger partial charge is 0.468 e. The minimum atomic E-state index is -0.405. The van der Waals surface area contributed by atoms with Crippen molar-refractivity contribution in [3.63, 3.8) is 0 Å². The maximum atomic E-state index is 11.8. The van der Waals surface area contributed by atoms with Crippen LogP contribution < -0.4 is 0 Å². The van der Waals surface area contributed by atoms with Gasteiger partial charge in [-0.1, -0.05) is 18.6 Å². The van der Waals surface area contributed by atoms with Crippen molar-refractivity contribution in [1.29, 1.82) is 0 Å². The smallest absolute Gasteiger partial charge is 0.323 e. The van der Waals surface area contributed by atoms with Gasteiger partial charge in [0.15, 0.2) is 0 Å². The van der Waals surface area contributed by atoms with Gasteiger partial charge in [0.2, 0.25) is 0 Å². The summed E-state index contributed by atoms with van der Waals surface area (Å²) < 4.78 is 4.83. The van der Waals surface area contributed by atoms with Crippen molar-refractivity contribution in [3.05, 3.63) is 39.9 Å². The van der Waals surface area contributed by atoms with Crippen LogP contribution in [-0.2, 0) is 16.1 Å². The number of non-ortho nitro benzene ring substituents is 1. The molecule has 0 spiro atoms. The molecule has 1 aromatic carbocycles. The first-order valence-corrected chi connectivity index (χ1v) is 6.67. The molecule has 1 aromatic rings. The Balaban J connectivity index is 2.12. The highest BCUT2D eigenvalue weighted by Crippen LogP contribution is 2.22. The Morgan fingerprint density at radius 3 is 3.00 bits per heavy atom. The summed E-state index contributed by atoms with van der Waals surface area (Å²) >= 11 is 0. The fourth-order valence-corrected chi connectivity index (χ4v) is 2.59. The Labute approximate surface area is 117 Å². The zero-order chi connectivity index (χ0) is 14.5. The van der Waals surface area contributed by atoms with Crippen LogP contribution in [0.5, 0.6) is 0 Å². The molecule has 2 rings (SSSR count). The molecule has 6 heteroatoms. The molecule has 0 radical (unpaired) electrons. The van der Waals surface area contributed by atoms with Gasteiger partial charge >= 0.3 is 5.97 Å². The monoisotopic (exact) mass is 278 g/mol. The van der Waals surface area contributed by atoms with Crippen LogP contribution in [0.1, 0.15) is 24.8 Å². The fraction of sp³-hybridized carbons (Fsp3) is 0.500. The zero-order valence-corrected chi connectivity index (χ0v) is 11.4. The number of likely N-dealkylation sites (tertiary alicyclic amines) is 1. The van der Waals surface area contributed by atoms with Crippen molar-refractivity contribution < 1.29 is 14.5 Å². The standard InChI is InChI=1S/C14H18N2O4/c1-20-14(17)13-7-2-3-8-15(13)10-11-5-4-6-12(9-11)16(18)19/h4-6,9,13H,2-3,7-8,10H2,1H3. The molecule has 1 aliphatic rings. The lowest BCUT2D eigenvalue weighted by atomic mass is 10.0. The predicted molar refractivity (Wildman–Crippen MR) is 73.2 cm³/mol. The third kappa shape index (κ3) is 3.33. The molecule has 1 atom stereocenters. The molecule has 1 saturated heterocycles. The van der Waals surface area contributed by atoms with Crippen LogP contribution in [0.4, 0.5) is 5.69 Å². The predicted octanol–water partition coefficient (Wildman–Crippen LogP) is 2.12. The van der Waals surface area contributed by atoms with Gasteiger partial charge in [0.1, 0.15) is 6.04 Å². The van der Waals surface area contributed by atoms with Gasteiger partial charge in [0.25, 0.3) is 5.69 Å². The number of hydrogen-bond acceptors (Lipinski definition) is 5. The molecule has 6 nitrogen and oxygen atoms in total. The summed E-state index contributed by atoms with van der Waals surface area (Å²) in [5.41, 5.74) is 0.920. The first kappa shape index (κ1) is 14.5. The van der Waals surface area contributed by atoms with E-state index in [0.717, 1.165) is 31.4 Å². The van der Waals surface area contributed by atoms with Gasteiger partial charge in [-0.15, -0.1) is 0 Å². The van der Waals surface area contributed by atoms with Crippen LogP contribution in [0.25, 0.3) is 0 Å². The summed E-state index contributed by atoms with van der Waals surface area (Å²) in [5, 5.41) is 10.8. The van der Waals surface area contributed by atoms with Gasteiger partial charge in [-0.05, 0) is 24.9 Å². The van der Waals surface area contributed by atoms with Gasteiger partial charge in [-0.2, -0.15) is 0 Å². The van der Waals surface area contributed by atoms with Crippen LogP contribution in [0, 0.1) is 10.1 Å². The number of hydrogen-bond donors (Lipinski definition) is 0. The van der Waals surface area contributed by atoms with E-state index < -0.39 is 4.92 Å². The average Bonchev–Trinajstić information content (AvgIpc) is 2.47. The van der Waals surface area contributed by atoms with E-state index in [4.69, 9.17) is 4.74 Å². The van der Waals surface area contributed by atoms with E-state index >= 15 is 0 Å². The van der Waals surface area contributed by atoms with E-state index in [1.807, 2.05) is 11.0 Å². The van der Waals surface area contributed by atoms with Crippen LogP contribution in [-0.4, -0.2) is 35.5 Å². The van der Waals surface area contributed by atoms with Gasteiger partial charge in [-0.25, -0.2) is 0 Å². The average molecular weight is 278 g/mol. The normalized spacial score (nSPS) is 19.6. The molecular weight excluding hydrogens is 260 g/mol. The number of nitrogens with zero attached hydrogens (tertiary/aromatic N) is 2. The molecule has 20 heavy (non-hydrogen) atoms. The second-order valence-electron chi connectivity index (χ2n) is 4.93. The first-order chi connectivity index (χ1) is 9.61. The van der Waals surface area contributed by atoms with Gasteiger partial charge in [-0.3, -0.25) is 19.8 Å². The number of rotatable bonds is 4. The summed E-state index contributed by atoms with van der Waals surface area (Å²) in [6.07, 6.45) is 2.81. The lowest BCUT2D eigenvalue weighted by Gasteiger charge is -2.33. The van der Waals surface area contributed by atoms with E-state index in [1.54, 1.807) is 12.1 Å². The van der Waals surface area contributed by atoms with E-state index in [9.17, 15) is 14.9 Å². The lowest BCUT2D eigenvalue weighted by molar-refractivity contribution is -0.384. The highest BCUT2D eigenvalue weighted by molar-refractivity contribution is 5.75.